The summed E-state index contributed by atoms with van der Waals surface area (Å²) in [6.07, 6.45) is 1.58. The summed E-state index contributed by atoms with van der Waals surface area (Å²) in [6, 6.07) is 11.0. The highest BCUT2D eigenvalue weighted by Crippen LogP contribution is 2.41. The highest BCUT2D eigenvalue weighted by molar-refractivity contribution is 7.86. The lowest BCUT2D eigenvalue weighted by Gasteiger charge is -2.42. The largest absolute Gasteiger partial charge is 0.416 e. The van der Waals surface area contributed by atoms with Crippen molar-refractivity contribution in [2.75, 3.05) is 22.7 Å². The van der Waals surface area contributed by atoms with Gasteiger partial charge in [-0.3, -0.25) is 0 Å². The number of hydrogen-bond acceptors (Lipinski definition) is 2. The summed E-state index contributed by atoms with van der Waals surface area (Å²) in [5, 5.41) is 0. The normalized spacial score (nSPS) is 23.0. The second kappa shape index (κ2) is 8.61. The topological polar surface area (TPSA) is 32.3 Å². The molecule has 0 radical (unpaired) electrons. The molecule has 1 saturated heterocycles. The number of alkyl halides is 3. The van der Waals surface area contributed by atoms with Gasteiger partial charge in [-0.25, -0.2) is 4.72 Å². The number of piperidine rings is 1. The Bertz CT molecular complexity index is 914. The number of rotatable bonds is 4. The van der Waals surface area contributed by atoms with Gasteiger partial charge in [-0.15, -0.1) is 0 Å². The smallest absolute Gasteiger partial charge is 0.369 e. The fourth-order valence-electron chi connectivity index (χ4n) is 4.75. The van der Waals surface area contributed by atoms with Crippen LogP contribution in [-0.2, 0) is 21.4 Å². The van der Waals surface area contributed by atoms with Gasteiger partial charge in [0.2, 0.25) is 0 Å². The van der Waals surface area contributed by atoms with Crippen LogP contribution in [-0.4, -0.2) is 13.1 Å². The Morgan fingerprint density at radius 2 is 1.70 bits per heavy atom. The number of nitrogens with zero attached hydrogens (tertiary/aromatic N) is 1. The zero-order valence-electron chi connectivity index (χ0n) is 17.1. The number of anilines is 2. The van der Waals surface area contributed by atoms with Crippen molar-refractivity contribution in [3.63, 3.8) is 0 Å². The van der Waals surface area contributed by atoms with E-state index in [1.165, 1.54) is 31.7 Å². The first-order chi connectivity index (χ1) is 14.3. The lowest BCUT2D eigenvalue weighted by Crippen LogP contribution is -2.42. The van der Waals surface area contributed by atoms with E-state index in [0.29, 0.717) is 22.2 Å². The highest BCUT2D eigenvalue weighted by Gasteiger charge is 2.35. The highest BCUT2D eigenvalue weighted by atomic mass is 32.2. The Balaban J connectivity index is 1.62. The van der Waals surface area contributed by atoms with Crippen LogP contribution in [0.1, 0.15) is 43.2 Å². The van der Waals surface area contributed by atoms with E-state index in [1.807, 2.05) is 19.1 Å². The number of fused-ring (bicyclic) bond motifs is 1. The van der Waals surface area contributed by atoms with Gasteiger partial charge in [0.15, 0.2) is 15.9 Å². The quantitative estimate of drug-likeness (QED) is 0.462. The molecule has 3 nitrogen and oxygen atoms in total. The van der Waals surface area contributed by atoms with Crippen molar-refractivity contribution in [1.29, 1.82) is 0 Å². The monoisotopic (exact) mass is 437 g/mol. The van der Waals surface area contributed by atoms with E-state index in [1.54, 1.807) is 12.1 Å². The third-order valence-corrected chi connectivity index (χ3v) is 7.66. The number of benzene rings is 2. The number of thiol groups is 1. The molecule has 2 aromatic carbocycles. The minimum Gasteiger partial charge on any atom is -0.369 e. The van der Waals surface area contributed by atoms with E-state index in [4.69, 9.17) is 0 Å². The molecule has 0 aromatic heterocycles. The van der Waals surface area contributed by atoms with E-state index in [9.17, 15) is 17.4 Å². The van der Waals surface area contributed by atoms with Crippen LogP contribution in [0.5, 0.6) is 0 Å². The van der Waals surface area contributed by atoms with Gasteiger partial charge in [0.1, 0.15) is 5.69 Å². The summed E-state index contributed by atoms with van der Waals surface area (Å²) < 4.78 is 55.8. The molecule has 162 valence electrons. The van der Waals surface area contributed by atoms with Gasteiger partial charge in [-0.2, -0.15) is 13.2 Å². The van der Waals surface area contributed by atoms with Crippen LogP contribution in [0.25, 0.3) is 0 Å². The molecule has 1 heterocycles. The Morgan fingerprint density at radius 3 is 2.40 bits per heavy atom. The number of nitrogens with one attached hydrogen (secondary N) is 1. The van der Waals surface area contributed by atoms with Crippen LogP contribution < -0.4 is 9.62 Å². The molecular formula is C23H28F3N2OS+. The SMILES string of the molecule is Cc1ccc([SH+](=O)Nc2cc(C(F)(F)F)ccc2N2CC[C@@H]3CCCCC3C2)cc1. The maximum atomic E-state index is 13.4. The Labute approximate surface area is 178 Å². The second-order valence-electron chi connectivity index (χ2n) is 8.51. The number of hydrogen-bond donors (Lipinski definition) is 1. The van der Waals surface area contributed by atoms with Crippen LogP contribution in [0.15, 0.2) is 47.4 Å². The zero-order chi connectivity index (χ0) is 21.3. The minimum atomic E-state index is -4.44. The van der Waals surface area contributed by atoms with Crippen LogP contribution in [0.3, 0.4) is 0 Å². The average molecular weight is 438 g/mol. The average Bonchev–Trinajstić information content (AvgIpc) is 2.73. The molecule has 4 rings (SSSR count). The van der Waals surface area contributed by atoms with E-state index in [-0.39, 0.29) is 0 Å². The standard InChI is InChI=1S/C23H27F3N2OS/c1-16-6-9-20(10-7-16)30(29)27-21-14-19(23(24,25)26)8-11-22(21)28-13-12-17-4-2-3-5-18(17)15-28/h6-11,14,17-18H,2-5,12-13,15H2,1H3,(H,27,29)/p+1/t17-,18?,30?/m0/s1. The third kappa shape index (κ3) is 4.66. The van der Waals surface area contributed by atoms with Gasteiger partial charge in [-0.1, -0.05) is 41.2 Å². The lowest BCUT2D eigenvalue weighted by atomic mass is 9.75. The number of halogens is 3. The molecule has 7 heteroatoms. The third-order valence-electron chi connectivity index (χ3n) is 6.45. The second-order valence-corrected chi connectivity index (χ2v) is 9.84. The molecule has 1 saturated carbocycles. The van der Waals surface area contributed by atoms with Crippen molar-refractivity contribution < 1.29 is 17.4 Å². The van der Waals surface area contributed by atoms with E-state index >= 15 is 0 Å². The Kier molecular flexibility index (Phi) is 6.09. The van der Waals surface area contributed by atoms with Gasteiger partial charge in [-0.05, 0) is 61.9 Å². The van der Waals surface area contributed by atoms with Crippen molar-refractivity contribution in [2.45, 2.75) is 50.1 Å². The summed E-state index contributed by atoms with van der Waals surface area (Å²) in [5.74, 6) is 1.32. The molecule has 1 aliphatic carbocycles. The van der Waals surface area contributed by atoms with Crippen LogP contribution >= 0.6 is 0 Å². The molecule has 1 aliphatic heterocycles. The van der Waals surface area contributed by atoms with Gasteiger partial charge in [0.25, 0.3) is 0 Å². The van der Waals surface area contributed by atoms with Crippen molar-refractivity contribution in [3.8, 4) is 0 Å². The summed E-state index contributed by atoms with van der Waals surface area (Å²) >= 11 is 0. The Hall–Kier alpha value is -2.02. The molecule has 30 heavy (non-hydrogen) atoms. The van der Waals surface area contributed by atoms with E-state index in [2.05, 4.69) is 9.62 Å². The molecule has 1 N–H and O–H groups in total. The minimum absolute atomic E-state index is 0.292. The van der Waals surface area contributed by atoms with Crippen molar-refractivity contribution in [2.24, 2.45) is 11.8 Å². The first-order valence-corrected chi connectivity index (χ1v) is 11.8. The fourth-order valence-corrected chi connectivity index (χ4v) is 5.70. The fraction of sp³-hybridized carbons (Fsp3) is 0.478. The molecule has 0 bridgehead atoms. The predicted octanol–water partition coefficient (Wildman–Crippen LogP) is 6.11. The van der Waals surface area contributed by atoms with Crippen LogP contribution in [0.2, 0.25) is 0 Å². The lowest BCUT2D eigenvalue weighted by molar-refractivity contribution is -0.137. The maximum Gasteiger partial charge on any atom is 0.416 e. The summed E-state index contributed by atoms with van der Waals surface area (Å²) in [6.45, 7) is 3.61. The molecular weight excluding hydrogens is 409 g/mol. The van der Waals surface area contributed by atoms with Gasteiger partial charge >= 0.3 is 6.18 Å². The summed E-state index contributed by atoms with van der Waals surface area (Å²) in [4.78, 5) is 2.75. The molecule has 0 amide bonds. The van der Waals surface area contributed by atoms with Crippen molar-refractivity contribution in [1.82, 2.24) is 0 Å². The van der Waals surface area contributed by atoms with E-state index < -0.39 is 22.7 Å². The molecule has 2 aromatic rings. The Morgan fingerprint density at radius 1 is 1.00 bits per heavy atom. The summed E-state index contributed by atoms with van der Waals surface area (Å²) in [7, 11) is -2.06. The molecule has 2 fully saturated rings. The zero-order valence-corrected chi connectivity index (χ0v) is 18.0. The summed E-state index contributed by atoms with van der Waals surface area (Å²) in [5.41, 5.74) is 1.31. The van der Waals surface area contributed by atoms with Gasteiger partial charge < -0.3 is 4.90 Å². The molecule has 3 atom stereocenters. The first-order valence-electron chi connectivity index (χ1n) is 10.6. The van der Waals surface area contributed by atoms with Crippen molar-refractivity contribution in [3.05, 3.63) is 53.6 Å². The van der Waals surface area contributed by atoms with Crippen LogP contribution in [0.4, 0.5) is 24.5 Å². The predicted molar refractivity (Wildman–Crippen MR) is 116 cm³/mol. The maximum absolute atomic E-state index is 13.4. The molecule has 2 unspecified atom stereocenters. The van der Waals surface area contributed by atoms with Gasteiger partial charge in [0.05, 0.1) is 11.3 Å². The van der Waals surface area contributed by atoms with Crippen molar-refractivity contribution >= 4 is 22.4 Å². The number of aryl methyl sites for hydroxylation is 1. The molecule has 2 aliphatic rings. The van der Waals surface area contributed by atoms with Gasteiger partial charge in [0, 0.05) is 13.1 Å². The first kappa shape index (κ1) is 21.2. The van der Waals surface area contributed by atoms with E-state index in [0.717, 1.165) is 43.1 Å². The molecule has 0 spiro atoms. The van der Waals surface area contributed by atoms with Crippen LogP contribution in [0, 0.1) is 18.8 Å².